The third-order valence-electron chi connectivity index (χ3n) is 5.50. The van der Waals surface area contributed by atoms with E-state index in [-0.39, 0.29) is 17.6 Å². The van der Waals surface area contributed by atoms with Crippen LogP contribution in [0.1, 0.15) is 47.0 Å². The van der Waals surface area contributed by atoms with Crippen LogP contribution in [0, 0.1) is 29.1 Å². The largest absolute Gasteiger partial charge is 0.385 e. The predicted molar refractivity (Wildman–Crippen MR) is 69.0 cm³/mol. The highest BCUT2D eigenvalue weighted by Gasteiger charge is 2.56. The van der Waals surface area contributed by atoms with E-state index in [1.165, 1.54) is 0 Å². The van der Waals surface area contributed by atoms with Crippen molar-refractivity contribution in [3.05, 3.63) is 0 Å². The molecule has 0 aliphatic heterocycles. The molecule has 0 heterocycles. The number of fused-ring (bicyclic) bond motifs is 1. The lowest BCUT2D eigenvalue weighted by molar-refractivity contribution is -0.163. The molecule has 3 nitrogen and oxygen atoms in total. The highest BCUT2D eigenvalue weighted by atomic mass is 16.3. The fourth-order valence-corrected chi connectivity index (χ4v) is 3.93. The molecular weight excluding hydrogens is 228 g/mol. The zero-order valence-electron chi connectivity index (χ0n) is 11.8. The molecule has 102 valence electrons. The van der Waals surface area contributed by atoms with Gasteiger partial charge >= 0.3 is 0 Å². The summed E-state index contributed by atoms with van der Waals surface area (Å²) >= 11 is 0. The van der Waals surface area contributed by atoms with Crippen LogP contribution in [0.4, 0.5) is 0 Å². The van der Waals surface area contributed by atoms with E-state index in [1.807, 2.05) is 13.8 Å². The van der Waals surface area contributed by atoms with E-state index < -0.39 is 17.3 Å². The molecule has 2 fully saturated rings. The van der Waals surface area contributed by atoms with Crippen LogP contribution in [0.25, 0.3) is 0 Å². The minimum atomic E-state index is -1.08. The number of carbonyl (C=O) groups excluding carboxylic acids is 2. The molecule has 2 unspecified atom stereocenters. The van der Waals surface area contributed by atoms with Crippen LogP contribution in [0.5, 0.6) is 0 Å². The normalized spacial score (nSPS) is 45.2. The molecule has 0 radical (unpaired) electrons. The number of rotatable bonds is 1. The summed E-state index contributed by atoms with van der Waals surface area (Å²) in [5, 5.41) is 9.92. The fourth-order valence-electron chi connectivity index (χ4n) is 3.93. The second kappa shape index (κ2) is 4.44. The van der Waals surface area contributed by atoms with Crippen molar-refractivity contribution in [2.24, 2.45) is 29.1 Å². The number of aliphatic hydroxyl groups is 1. The Morgan fingerprint density at radius 1 is 1.33 bits per heavy atom. The van der Waals surface area contributed by atoms with Crippen molar-refractivity contribution in [2.45, 2.75) is 53.1 Å². The number of hydrogen-bond acceptors (Lipinski definition) is 3. The van der Waals surface area contributed by atoms with E-state index in [1.54, 1.807) is 0 Å². The molecule has 0 spiro atoms. The highest BCUT2D eigenvalue weighted by Crippen LogP contribution is 2.52. The van der Waals surface area contributed by atoms with Crippen molar-refractivity contribution < 1.29 is 14.7 Å². The molecule has 5 atom stereocenters. The zero-order chi connectivity index (χ0) is 13.7. The van der Waals surface area contributed by atoms with Gasteiger partial charge in [-0.2, -0.15) is 0 Å². The van der Waals surface area contributed by atoms with Crippen molar-refractivity contribution in [2.75, 3.05) is 0 Å². The van der Waals surface area contributed by atoms with E-state index >= 15 is 0 Å². The lowest BCUT2D eigenvalue weighted by atomic mass is 9.52. The SMILES string of the molecule is CC(C)[C@@H]1CC[C@@]2(C)C(=O)C(=O)C(O)C(C)[C@@H]2C1. The van der Waals surface area contributed by atoms with Crippen molar-refractivity contribution in [1.82, 2.24) is 0 Å². The third kappa shape index (κ3) is 1.83. The second-order valence-electron chi connectivity index (χ2n) is 6.80. The van der Waals surface area contributed by atoms with E-state index in [9.17, 15) is 14.7 Å². The molecule has 2 aliphatic carbocycles. The molecule has 18 heavy (non-hydrogen) atoms. The van der Waals surface area contributed by atoms with E-state index in [2.05, 4.69) is 13.8 Å². The minimum Gasteiger partial charge on any atom is -0.385 e. The van der Waals surface area contributed by atoms with Gasteiger partial charge in [-0.1, -0.05) is 27.7 Å². The summed E-state index contributed by atoms with van der Waals surface area (Å²) in [6, 6.07) is 0. The van der Waals surface area contributed by atoms with Crippen LogP contribution in [0.15, 0.2) is 0 Å². The molecule has 0 aromatic heterocycles. The maximum absolute atomic E-state index is 12.2. The summed E-state index contributed by atoms with van der Waals surface area (Å²) in [6.07, 6.45) is 1.70. The molecule has 0 aromatic rings. The van der Waals surface area contributed by atoms with Gasteiger partial charge in [0.2, 0.25) is 11.6 Å². The maximum atomic E-state index is 12.2. The molecule has 3 heteroatoms. The van der Waals surface area contributed by atoms with Gasteiger partial charge in [-0.25, -0.2) is 0 Å². The number of ketones is 2. The maximum Gasteiger partial charge on any atom is 0.227 e. The van der Waals surface area contributed by atoms with Gasteiger partial charge in [0.15, 0.2) is 0 Å². The highest BCUT2D eigenvalue weighted by molar-refractivity contribution is 6.41. The van der Waals surface area contributed by atoms with Gasteiger partial charge in [-0.15, -0.1) is 0 Å². The van der Waals surface area contributed by atoms with Gasteiger partial charge in [0.05, 0.1) is 0 Å². The summed E-state index contributed by atoms with van der Waals surface area (Å²) < 4.78 is 0. The summed E-state index contributed by atoms with van der Waals surface area (Å²) in [5.74, 6) is 0.371. The standard InChI is InChI=1S/C15H24O3/c1-8(2)10-5-6-15(4)11(7-10)9(3)12(16)13(17)14(15)18/h8-12,16H,5-7H2,1-4H3/t9?,10-,11+,12?,15-/m1/s1. The monoisotopic (exact) mass is 252 g/mol. The number of carbonyl (C=O) groups is 2. The van der Waals surface area contributed by atoms with Crippen LogP contribution in [-0.2, 0) is 9.59 Å². The average Bonchev–Trinajstić information content (AvgIpc) is 2.34. The molecule has 2 saturated carbocycles. The van der Waals surface area contributed by atoms with Gasteiger partial charge in [0, 0.05) is 5.41 Å². The Labute approximate surface area is 109 Å². The average molecular weight is 252 g/mol. The zero-order valence-corrected chi connectivity index (χ0v) is 11.8. The lowest BCUT2D eigenvalue weighted by Gasteiger charge is -2.50. The summed E-state index contributed by atoms with van der Waals surface area (Å²) in [7, 11) is 0. The summed E-state index contributed by atoms with van der Waals surface area (Å²) in [6.45, 7) is 8.27. The van der Waals surface area contributed by atoms with Crippen LogP contribution in [-0.4, -0.2) is 22.8 Å². The summed E-state index contributed by atoms with van der Waals surface area (Å²) in [4.78, 5) is 24.0. The first-order chi connectivity index (χ1) is 8.29. The number of aliphatic hydroxyl groups excluding tert-OH is 1. The first-order valence-corrected chi connectivity index (χ1v) is 7.05. The predicted octanol–water partition coefficient (Wildman–Crippen LogP) is 2.21. The van der Waals surface area contributed by atoms with Gasteiger partial charge in [-0.3, -0.25) is 9.59 Å². The number of Topliss-reactive ketones (excluding diaryl/α,β-unsaturated/α-hetero) is 2. The van der Waals surface area contributed by atoms with Gasteiger partial charge in [-0.05, 0) is 42.9 Å². The van der Waals surface area contributed by atoms with E-state index in [0.717, 1.165) is 19.3 Å². The van der Waals surface area contributed by atoms with E-state index in [4.69, 9.17) is 0 Å². The third-order valence-corrected chi connectivity index (χ3v) is 5.50. The molecular formula is C15H24O3. The number of hydrogen-bond donors (Lipinski definition) is 1. The van der Waals surface area contributed by atoms with Crippen molar-refractivity contribution in [1.29, 1.82) is 0 Å². The molecule has 0 amide bonds. The first-order valence-electron chi connectivity index (χ1n) is 7.05. The van der Waals surface area contributed by atoms with Gasteiger partial charge < -0.3 is 5.11 Å². The Hall–Kier alpha value is -0.700. The Morgan fingerprint density at radius 2 is 1.94 bits per heavy atom. The first kappa shape index (κ1) is 13.7. The topological polar surface area (TPSA) is 54.4 Å². The Balaban J connectivity index is 2.30. The fraction of sp³-hybridized carbons (Fsp3) is 0.867. The summed E-state index contributed by atoms with van der Waals surface area (Å²) in [5.41, 5.74) is -0.527. The van der Waals surface area contributed by atoms with Gasteiger partial charge in [0.1, 0.15) is 6.10 Å². The van der Waals surface area contributed by atoms with E-state index in [0.29, 0.717) is 11.8 Å². The van der Waals surface area contributed by atoms with Crippen LogP contribution >= 0.6 is 0 Å². The Kier molecular flexibility index (Phi) is 3.39. The van der Waals surface area contributed by atoms with Crippen LogP contribution < -0.4 is 0 Å². The Morgan fingerprint density at radius 3 is 2.50 bits per heavy atom. The van der Waals surface area contributed by atoms with Crippen molar-refractivity contribution in [3.8, 4) is 0 Å². The molecule has 1 N–H and O–H groups in total. The minimum absolute atomic E-state index is 0.0956. The molecule has 0 saturated heterocycles. The lowest BCUT2D eigenvalue weighted by Crippen LogP contribution is -2.57. The van der Waals surface area contributed by atoms with Crippen molar-refractivity contribution in [3.63, 3.8) is 0 Å². The van der Waals surface area contributed by atoms with Gasteiger partial charge in [0.25, 0.3) is 0 Å². The van der Waals surface area contributed by atoms with Crippen molar-refractivity contribution >= 4 is 11.6 Å². The van der Waals surface area contributed by atoms with Crippen LogP contribution in [0.2, 0.25) is 0 Å². The molecule has 2 aliphatic rings. The van der Waals surface area contributed by atoms with Crippen LogP contribution in [0.3, 0.4) is 0 Å². The molecule has 0 bridgehead atoms. The second-order valence-corrected chi connectivity index (χ2v) is 6.80. The molecule has 2 rings (SSSR count). The smallest absolute Gasteiger partial charge is 0.227 e. The molecule has 0 aromatic carbocycles. The Bertz CT molecular complexity index is 374. The quantitative estimate of drug-likeness (QED) is 0.728.